The number of amides is 3. The highest BCUT2D eigenvalue weighted by atomic mass is 16.7. The summed E-state index contributed by atoms with van der Waals surface area (Å²) in [5.41, 5.74) is 2.81. The van der Waals surface area contributed by atoms with Crippen LogP contribution in [0.5, 0.6) is 0 Å². The van der Waals surface area contributed by atoms with Gasteiger partial charge in [-0.2, -0.15) is 5.06 Å². The number of aromatic nitrogens is 1. The Morgan fingerprint density at radius 3 is 2.51 bits per heavy atom. The first-order valence-electron chi connectivity index (χ1n) is 17.8. The van der Waals surface area contributed by atoms with Gasteiger partial charge < -0.3 is 24.8 Å². The molecule has 6 rings (SSSR count). The van der Waals surface area contributed by atoms with Crippen molar-refractivity contribution in [2.45, 2.75) is 89.9 Å². The fourth-order valence-corrected chi connectivity index (χ4v) is 7.21. The van der Waals surface area contributed by atoms with Crippen molar-refractivity contribution in [2.75, 3.05) is 33.2 Å². The van der Waals surface area contributed by atoms with Crippen LogP contribution in [0.15, 0.2) is 66.7 Å². The molecular formula is C38H50N6O5. The van der Waals surface area contributed by atoms with Crippen LogP contribution >= 0.6 is 0 Å². The predicted octanol–water partition coefficient (Wildman–Crippen LogP) is 4.95. The van der Waals surface area contributed by atoms with Gasteiger partial charge in [-0.3, -0.25) is 19.4 Å². The number of rotatable bonds is 12. The minimum Gasteiger partial charge on any atom is -0.443 e. The highest BCUT2D eigenvalue weighted by molar-refractivity contribution is 5.92. The standard InChI is InChI=1S/C38H50N6O5/c1-27(2)23-34-37(46)43-33(15-9-10-20-39-24-30-17-16-29-13-7-8-14-32(29)40-30)36(45)42(31-18-21-41(3)22-19-31)25-35(43)44(49-34)38(47)48-26-28-11-5-4-6-12-28/h4-8,11-14,16-17,27,31,33-35,39H,9-10,15,18-26H2,1-3H3/t33-,34+,35-/m0/s1. The first-order valence-corrected chi connectivity index (χ1v) is 17.8. The maximum Gasteiger partial charge on any atom is 0.436 e. The highest BCUT2D eigenvalue weighted by Gasteiger charge is 2.54. The fraction of sp³-hybridized carbons (Fsp3) is 0.526. The number of likely N-dealkylation sites (tertiary alicyclic amines) is 1. The molecule has 0 saturated carbocycles. The van der Waals surface area contributed by atoms with Crippen molar-refractivity contribution < 1.29 is 24.0 Å². The molecule has 3 amide bonds. The number of ether oxygens (including phenoxy) is 1. The number of piperidine rings is 1. The van der Waals surface area contributed by atoms with E-state index in [2.05, 4.69) is 29.4 Å². The van der Waals surface area contributed by atoms with Gasteiger partial charge in [0.25, 0.3) is 5.91 Å². The van der Waals surface area contributed by atoms with Crippen molar-refractivity contribution in [1.82, 2.24) is 30.1 Å². The number of unbranched alkanes of at least 4 members (excludes halogenated alkanes) is 1. The monoisotopic (exact) mass is 670 g/mol. The SMILES string of the molecule is CC(C)C[C@H]1ON(C(=O)OCc2ccccc2)[C@H]2CN(C3CCN(C)CC3)C(=O)[C@H](CCCCNCc3ccc4ccccc4n3)N2C1=O. The van der Waals surface area contributed by atoms with Gasteiger partial charge in [0.1, 0.15) is 12.6 Å². The Morgan fingerprint density at radius 1 is 0.980 bits per heavy atom. The molecule has 262 valence electrons. The quantitative estimate of drug-likeness (QED) is 0.270. The number of fused-ring (bicyclic) bond motifs is 2. The number of piperazine rings is 1. The highest BCUT2D eigenvalue weighted by Crippen LogP contribution is 2.34. The summed E-state index contributed by atoms with van der Waals surface area (Å²) in [7, 11) is 2.09. The molecule has 1 N–H and O–H groups in total. The summed E-state index contributed by atoms with van der Waals surface area (Å²) < 4.78 is 5.75. The summed E-state index contributed by atoms with van der Waals surface area (Å²) >= 11 is 0. The lowest BCUT2D eigenvalue weighted by Gasteiger charge is -2.54. The molecule has 0 aliphatic carbocycles. The van der Waals surface area contributed by atoms with Gasteiger partial charge in [0.15, 0.2) is 12.3 Å². The molecule has 0 radical (unpaired) electrons. The first-order chi connectivity index (χ1) is 23.8. The van der Waals surface area contributed by atoms with Gasteiger partial charge in [0.05, 0.1) is 17.8 Å². The fourth-order valence-electron chi connectivity index (χ4n) is 7.21. The number of hydroxylamine groups is 2. The second-order valence-electron chi connectivity index (χ2n) is 14.0. The number of para-hydroxylation sites is 1. The number of hydrogen-bond donors (Lipinski definition) is 1. The summed E-state index contributed by atoms with van der Waals surface area (Å²) in [6.07, 6.45) is 1.89. The maximum absolute atomic E-state index is 14.4. The molecule has 0 spiro atoms. The Morgan fingerprint density at radius 2 is 1.73 bits per heavy atom. The molecule has 49 heavy (non-hydrogen) atoms. The summed E-state index contributed by atoms with van der Waals surface area (Å²) in [4.78, 5) is 59.0. The average Bonchev–Trinajstić information content (AvgIpc) is 3.11. The van der Waals surface area contributed by atoms with Gasteiger partial charge in [-0.15, -0.1) is 0 Å². The smallest absolute Gasteiger partial charge is 0.436 e. The van der Waals surface area contributed by atoms with E-state index < -0.39 is 24.4 Å². The van der Waals surface area contributed by atoms with Crippen molar-refractivity contribution in [3.05, 3.63) is 78.0 Å². The van der Waals surface area contributed by atoms with E-state index in [0.717, 1.165) is 67.5 Å². The van der Waals surface area contributed by atoms with Gasteiger partial charge in [-0.1, -0.05) is 68.4 Å². The zero-order valence-corrected chi connectivity index (χ0v) is 29.0. The van der Waals surface area contributed by atoms with E-state index >= 15 is 0 Å². The minimum atomic E-state index is -0.873. The van der Waals surface area contributed by atoms with E-state index in [0.29, 0.717) is 19.4 Å². The number of nitrogens with one attached hydrogen (secondary N) is 1. The number of nitrogens with zero attached hydrogens (tertiary/aromatic N) is 5. The molecule has 1 aromatic heterocycles. The molecule has 4 heterocycles. The molecule has 0 bridgehead atoms. The molecular weight excluding hydrogens is 620 g/mol. The van der Waals surface area contributed by atoms with Crippen LogP contribution in [0.1, 0.15) is 63.6 Å². The average molecular weight is 671 g/mol. The van der Waals surface area contributed by atoms with Crippen LogP contribution in [0.4, 0.5) is 4.79 Å². The Bertz CT molecular complexity index is 1580. The summed E-state index contributed by atoms with van der Waals surface area (Å²) in [6.45, 7) is 7.49. The normalized spacial score (nSPS) is 22.2. The number of carbonyl (C=O) groups is 3. The first kappa shape index (κ1) is 34.8. The van der Waals surface area contributed by atoms with Gasteiger partial charge in [-0.25, -0.2) is 4.79 Å². The van der Waals surface area contributed by atoms with E-state index in [9.17, 15) is 14.4 Å². The molecule has 3 aliphatic heterocycles. The van der Waals surface area contributed by atoms with E-state index in [1.165, 1.54) is 5.06 Å². The lowest BCUT2D eigenvalue weighted by Crippen LogP contribution is -2.74. The van der Waals surface area contributed by atoms with Crippen LogP contribution in [-0.2, 0) is 32.3 Å². The molecule has 3 fully saturated rings. The molecule has 3 atom stereocenters. The maximum atomic E-state index is 14.4. The number of hydrogen-bond acceptors (Lipinski definition) is 8. The number of carbonyl (C=O) groups excluding carboxylic acids is 3. The molecule has 2 aromatic carbocycles. The van der Waals surface area contributed by atoms with Crippen LogP contribution in [0.3, 0.4) is 0 Å². The molecule has 11 nitrogen and oxygen atoms in total. The van der Waals surface area contributed by atoms with Gasteiger partial charge in [0, 0.05) is 18.0 Å². The molecule has 11 heteroatoms. The van der Waals surface area contributed by atoms with Crippen LogP contribution in [0, 0.1) is 5.92 Å². The summed E-state index contributed by atoms with van der Waals surface area (Å²) in [6, 6.07) is 21.1. The lowest BCUT2D eigenvalue weighted by molar-refractivity contribution is -0.270. The number of benzene rings is 2. The Labute approximate surface area is 289 Å². The largest absolute Gasteiger partial charge is 0.443 e. The van der Waals surface area contributed by atoms with Gasteiger partial charge in [-0.05, 0) is 88.8 Å². The predicted molar refractivity (Wildman–Crippen MR) is 187 cm³/mol. The van der Waals surface area contributed by atoms with Crippen molar-refractivity contribution >= 4 is 28.8 Å². The Balaban J connectivity index is 1.16. The van der Waals surface area contributed by atoms with E-state index in [1.807, 2.05) is 73.3 Å². The third-order valence-electron chi connectivity index (χ3n) is 9.87. The zero-order valence-electron chi connectivity index (χ0n) is 29.0. The Kier molecular flexibility index (Phi) is 11.4. The van der Waals surface area contributed by atoms with Crippen LogP contribution in [-0.4, -0.2) is 100 Å². The van der Waals surface area contributed by atoms with Crippen molar-refractivity contribution in [2.24, 2.45) is 5.92 Å². The molecule has 3 aromatic rings. The molecule has 0 unspecified atom stereocenters. The van der Waals surface area contributed by atoms with Gasteiger partial charge >= 0.3 is 6.09 Å². The number of pyridine rings is 1. The van der Waals surface area contributed by atoms with E-state index in [4.69, 9.17) is 14.6 Å². The lowest BCUT2D eigenvalue weighted by atomic mass is 9.95. The van der Waals surface area contributed by atoms with Gasteiger partial charge in [0.2, 0.25) is 5.91 Å². The van der Waals surface area contributed by atoms with Crippen molar-refractivity contribution in [1.29, 1.82) is 0 Å². The molecule has 3 saturated heterocycles. The topological polar surface area (TPSA) is 108 Å². The second kappa shape index (κ2) is 16.1. The van der Waals surface area contributed by atoms with Crippen molar-refractivity contribution in [3.8, 4) is 0 Å². The summed E-state index contributed by atoms with van der Waals surface area (Å²) in [5, 5.41) is 5.86. The van der Waals surface area contributed by atoms with E-state index in [1.54, 1.807) is 4.90 Å². The molecule has 3 aliphatic rings. The van der Waals surface area contributed by atoms with Crippen LogP contribution in [0.25, 0.3) is 10.9 Å². The third-order valence-corrected chi connectivity index (χ3v) is 9.87. The summed E-state index contributed by atoms with van der Waals surface area (Å²) in [5.74, 6) is -0.117. The second-order valence-corrected chi connectivity index (χ2v) is 14.0. The third kappa shape index (κ3) is 8.40. The Hall–Kier alpha value is -4.06. The minimum absolute atomic E-state index is 0.0322. The van der Waals surface area contributed by atoms with Crippen LogP contribution in [0.2, 0.25) is 0 Å². The van der Waals surface area contributed by atoms with Crippen molar-refractivity contribution in [3.63, 3.8) is 0 Å². The van der Waals surface area contributed by atoms with E-state index in [-0.39, 0.29) is 36.9 Å². The van der Waals surface area contributed by atoms with Crippen LogP contribution < -0.4 is 5.32 Å². The zero-order chi connectivity index (χ0) is 34.3.